The summed E-state index contributed by atoms with van der Waals surface area (Å²) in [5.74, 6) is 0.157. The molecule has 1 saturated heterocycles. The third-order valence-electron chi connectivity index (χ3n) is 6.21. The van der Waals surface area contributed by atoms with E-state index in [9.17, 15) is 9.59 Å². The number of amides is 2. The number of fused-ring (bicyclic) bond motifs is 1. The highest BCUT2D eigenvalue weighted by atomic mass is 35.5. The third-order valence-corrected chi connectivity index (χ3v) is 7.66. The third kappa shape index (κ3) is 7.70. The van der Waals surface area contributed by atoms with E-state index in [0.717, 1.165) is 35.9 Å². The van der Waals surface area contributed by atoms with Gasteiger partial charge in [0.25, 0.3) is 5.91 Å². The van der Waals surface area contributed by atoms with Crippen molar-refractivity contribution in [2.45, 2.75) is 72.4 Å². The van der Waals surface area contributed by atoms with E-state index in [1.54, 1.807) is 11.0 Å². The lowest BCUT2D eigenvalue weighted by Crippen LogP contribution is -2.39. The van der Waals surface area contributed by atoms with Crippen molar-refractivity contribution < 1.29 is 14.3 Å². The van der Waals surface area contributed by atoms with Crippen LogP contribution >= 0.6 is 19.5 Å². The zero-order valence-electron chi connectivity index (χ0n) is 24.3. The first-order valence-corrected chi connectivity index (χ1v) is 16.2. The van der Waals surface area contributed by atoms with Crippen molar-refractivity contribution in [2.75, 3.05) is 31.7 Å². The Bertz CT molecular complexity index is 1320. The Balaban J connectivity index is 0.00000205. The van der Waals surface area contributed by atoms with Crippen molar-refractivity contribution in [1.82, 2.24) is 19.4 Å². The number of ether oxygens (including phenoxy) is 1. The van der Waals surface area contributed by atoms with Crippen LogP contribution in [0.1, 0.15) is 76.0 Å². The number of aryl methyl sites for hydroxylation is 1. The average Bonchev–Trinajstić information content (AvgIpc) is 3.05. The van der Waals surface area contributed by atoms with E-state index < -0.39 is 13.5 Å². The first-order valence-electron chi connectivity index (χ1n) is 13.5. The van der Waals surface area contributed by atoms with Gasteiger partial charge < -0.3 is 14.2 Å². The van der Waals surface area contributed by atoms with E-state index in [1.165, 1.54) is 0 Å². The summed E-state index contributed by atoms with van der Waals surface area (Å²) in [5, 5.41) is 3.58. The topological polar surface area (TPSA) is 89.4 Å². The van der Waals surface area contributed by atoms with Crippen molar-refractivity contribution in [3.63, 3.8) is 0 Å². The van der Waals surface area contributed by atoms with Crippen LogP contribution in [0, 0.1) is 6.92 Å². The molecule has 0 bridgehead atoms. The molecule has 1 fully saturated rings. The normalized spacial score (nSPS) is 15.9. The van der Waals surface area contributed by atoms with Crippen molar-refractivity contribution in [2.24, 2.45) is 0 Å². The number of pyridine rings is 1. The number of nitrogens with zero attached hydrogens (tertiary/aromatic N) is 4. The predicted octanol–water partition coefficient (Wildman–Crippen LogP) is 7.00. The lowest BCUT2D eigenvalue weighted by Gasteiger charge is -2.29. The number of imidazole rings is 1. The van der Waals surface area contributed by atoms with Gasteiger partial charge in [-0.15, -0.1) is 0 Å². The highest BCUT2D eigenvalue weighted by Gasteiger charge is 2.30. The molecule has 2 aromatic heterocycles. The van der Waals surface area contributed by atoms with Gasteiger partial charge in [0, 0.05) is 24.3 Å². The minimum absolute atomic E-state index is 0.135. The minimum Gasteiger partial charge on any atom is -0.444 e. The van der Waals surface area contributed by atoms with E-state index in [2.05, 4.69) is 23.6 Å². The van der Waals surface area contributed by atoms with Crippen molar-refractivity contribution >= 4 is 53.9 Å². The highest BCUT2D eigenvalue weighted by molar-refractivity contribution is 7.63. The SMILES string of the molecule is CC.Cc1cc(C(=O)Nc2nc3cccc(Cl)c3n2C2CCCCN(C(=O)OC(C)(C)C)C2)cc(P(C)C)n1. The summed E-state index contributed by atoms with van der Waals surface area (Å²) in [7, 11) is -0.452. The van der Waals surface area contributed by atoms with Gasteiger partial charge in [0.15, 0.2) is 0 Å². The molecule has 2 amide bonds. The number of anilines is 1. The molecule has 0 aliphatic carbocycles. The zero-order chi connectivity index (χ0) is 28.9. The van der Waals surface area contributed by atoms with E-state index in [0.29, 0.717) is 35.1 Å². The van der Waals surface area contributed by atoms with Gasteiger partial charge in [-0.25, -0.2) is 9.78 Å². The lowest BCUT2D eigenvalue weighted by atomic mass is 10.1. The molecule has 0 spiro atoms. The number of hydrogen-bond acceptors (Lipinski definition) is 5. The van der Waals surface area contributed by atoms with Gasteiger partial charge >= 0.3 is 6.09 Å². The Morgan fingerprint density at radius 3 is 2.51 bits per heavy atom. The molecular formula is C29H41ClN5O3P. The predicted molar refractivity (Wildman–Crippen MR) is 162 cm³/mol. The first-order chi connectivity index (χ1) is 18.4. The lowest BCUT2D eigenvalue weighted by molar-refractivity contribution is 0.0238. The van der Waals surface area contributed by atoms with Crippen LogP contribution in [-0.4, -0.2) is 63.5 Å². The van der Waals surface area contributed by atoms with Gasteiger partial charge in [0.1, 0.15) is 5.60 Å². The van der Waals surface area contributed by atoms with Crippen molar-refractivity contribution in [3.05, 3.63) is 46.6 Å². The van der Waals surface area contributed by atoms with Crippen molar-refractivity contribution in [3.8, 4) is 0 Å². The fourth-order valence-electron chi connectivity index (χ4n) is 4.56. The first kappa shape index (κ1) is 30.8. The number of carbonyl (C=O) groups excluding carboxylic acids is 2. The molecule has 0 radical (unpaired) electrons. The molecule has 39 heavy (non-hydrogen) atoms. The van der Waals surface area contributed by atoms with Crippen LogP contribution in [-0.2, 0) is 4.74 Å². The molecular weight excluding hydrogens is 533 g/mol. The maximum Gasteiger partial charge on any atom is 0.410 e. The molecule has 1 aromatic carbocycles. The number of likely N-dealkylation sites (tertiary alicyclic amines) is 1. The second-order valence-electron chi connectivity index (χ2n) is 10.7. The van der Waals surface area contributed by atoms with Gasteiger partial charge in [-0.05, 0) is 84.6 Å². The van der Waals surface area contributed by atoms with E-state index in [1.807, 2.05) is 70.4 Å². The molecule has 0 saturated carbocycles. The van der Waals surface area contributed by atoms with Gasteiger partial charge in [0.2, 0.25) is 5.95 Å². The van der Waals surface area contributed by atoms with Crippen LogP contribution in [0.3, 0.4) is 0 Å². The average molecular weight is 574 g/mol. The van der Waals surface area contributed by atoms with Gasteiger partial charge in [-0.3, -0.25) is 15.1 Å². The summed E-state index contributed by atoms with van der Waals surface area (Å²) in [4.78, 5) is 37.5. The maximum absolute atomic E-state index is 13.4. The summed E-state index contributed by atoms with van der Waals surface area (Å²) in [6, 6.07) is 9.04. The fourth-order valence-corrected chi connectivity index (χ4v) is 5.57. The summed E-state index contributed by atoms with van der Waals surface area (Å²) in [6.07, 6.45) is 2.27. The standard InChI is InChI=1S/C27H35ClN5O3P.C2H6/c1-17-14-18(15-22(29-17)37(5)6)24(34)31-25-30-21-12-9-11-20(28)23(21)33(25)19-10-7-8-13-32(16-19)26(35)36-27(2,3)4;1-2/h9,11-12,14-15,19H,7-8,10,13,16H2,1-6H3,(H,30,31,34);1-2H3. The number of para-hydroxylation sites is 1. The second-order valence-corrected chi connectivity index (χ2v) is 13.3. The Kier molecular flexibility index (Phi) is 10.4. The second kappa shape index (κ2) is 13.1. The molecule has 8 nitrogen and oxygen atoms in total. The van der Waals surface area contributed by atoms with Crippen LogP contribution in [0.25, 0.3) is 11.0 Å². The van der Waals surface area contributed by atoms with Crippen LogP contribution in [0.5, 0.6) is 0 Å². The Morgan fingerprint density at radius 1 is 1.13 bits per heavy atom. The molecule has 1 aliphatic heterocycles. The fraction of sp³-hybridized carbons (Fsp3) is 0.517. The number of aromatic nitrogens is 3. The molecule has 10 heteroatoms. The Hall–Kier alpha value is -2.70. The summed E-state index contributed by atoms with van der Waals surface area (Å²) in [5.41, 5.74) is 3.11. The number of halogens is 1. The van der Waals surface area contributed by atoms with Gasteiger partial charge in [0.05, 0.1) is 27.5 Å². The monoisotopic (exact) mass is 573 g/mol. The molecule has 3 aromatic rings. The summed E-state index contributed by atoms with van der Waals surface area (Å²) >= 11 is 6.67. The molecule has 1 aliphatic rings. The molecule has 4 rings (SSSR count). The zero-order valence-corrected chi connectivity index (χ0v) is 26.0. The largest absolute Gasteiger partial charge is 0.444 e. The summed E-state index contributed by atoms with van der Waals surface area (Å²) < 4.78 is 7.65. The quantitative estimate of drug-likeness (QED) is 0.339. The van der Waals surface area contributed by atoms with Crippen LogP contribution in [0.4, 0.5) is 10.7 Å². The smallest absolute Gasteiger partial charge is 0.410 e. The van der Waals surface area contributed by atoms with E-state index >= 15 is 0 Å². The maximum atomic E-state index is 13.4. The number of nitrogens with one attached hydrogen (secondary N) is 1. The summed E-state index contributed by atoms with van der Waals surface area (Å²) in [6.45, 7) is 16.8. The number of benzene rings is 1. The highest BCUT2D eigenvalue weighted by Crippen LogP contribution is 2.34. The molecule has 212 valence electrons. The Labute approximate surface area is 238 Å². The number of rotatable bonds is 4. The van der Waals surface area contributed by atoms with Gasteiger partial charge in [-0.2, -0.15) is 0 Å². The number of carbonyl (C=O) groups is 2. The molecule has 1 atom stereocenters. The molecule has 1 N–H and O–H groups in total. The van der Waals surface area contributed by atoms with Gasteiger partial charge in [-0.1, -0.05) is 39.4 Å². The van der Waals surface area contributed by atoms with Crippen LogP contribution in [0.2, 0.25) is 5.02 Å². The van der Waals surface area contributed by atoms with Crippen LogP contribution in [0.15, 0.2) is 30.3 Å². The van der Waals surface area contributed by atoms with Crippen LogP contribution < -0.4 is 10.8 Å². The minimum atomic E-state index is -0.581. The van der Waals surface area contributed by atoms with E-state index in [4.69, 9.17) is 21.3 Å². The molecule has 3 heterocycles. The van der Waals surface area contributed by atoms with Crippen molar-refractivity contribution in [1.29, 1.82) is 0 Å². The molecule has 1 unspecified atom stereocenters. The Morgan fingerprint density at radius 2 is 1.85 bits per heavy atom. The van der Waals surface area contributed by atoms with E-state index in [-0.39, 0.29) is 18.0 Å². The number of hydrogen-bond donors (Lipinski definition) is 1.